The summed E-state index contributed by atoms with van der Waals surface area (Å²) in [5.41, 5.74) is 2.11. The zero-order chi connectivity index (χ0) is 13.1. The third-order valence-electron chi connectivity index (χ3n) is 3.26. The maximum Gasteiger partial charge on any atom is 0.166 e. The first-order chi connectivity index (χ1) is 9.34. The van der Waals surface area contributed by atoms with Gasteiger partial charge < -0.3 is 10.1 Å². The molecule has 0 amide bonds. The van der Waals surface area contributed by atoms with Gasteiger partial charge in [0, 0.05) is 12.1 Å². The van der Waals surface area contributed by atoms with Crippen LogP contribution in [0.2, 0.25) is 0 Å². The van der Waals surface area contributed by atoms with Crippen molar-refractivity contribution in [1.29, 1.82) is 0 Å². The van der Waals surface area contributed by atoms with Crippen LogP contribution in [-0.2, 0) is 9.53 Å². The molecule has 1 aromatic heterocycles. The van der Waals surface area contributed by atoms with Gasteiger partial charge in [-0.3, -0.25) is 4.79 Å². The number of carbonyl (C=O) groups excluding carboxylic acids is 1. The molecule has 1 N–H and O–H groups in total. The van der Waals surface area contributed by atoms with Crippen molar-refractivity contribution < 1.29 is 9.53 Å². The summed E-state index contributed by atoms with van der Waals surface area (Å²) in [6.07, 6.45) is 0.136. The number of rotatable bonds is 4. The molecular weight excluding hydrogens is 258 g/mol. The first kappa shape index (κ1) is 12.4. The van der Waals surface area contributed by atoms with Gasteiger partial charge in [-0.25, -0.2) is 0 Å². The summed E-state index contributed by atoms with van der Waals surface area (Å²) in [5.74, 6) is 0.180. The topological polar surface area (TPSA) is 38.3 Å². The molecule has 3 rings (SSSR count). The molecule has 1 aliphatic heterocycles. The minimum atomic E-state index is -0.380. The van der Waals surface area contributed by atoms with Crippen LogP contribution in [0.15, 0.2) is 47.2 Å². The fraction of sp³-hybridized carbons (Fsp3) is 0.267. The van der Waals surface area contributed by atoms with E-state index in [1.807, 2.05) is 41.8 Å². The lowest BCUT2D eigenvalue weighted by Gasteiger charge is -2.23. The van der Waals surface area contributed by atoms with Crippen LogP contribution in [0.3, 0.4) is 0 Å². The summed E-state index contributed by atoms with van der Waals surface area (Å²) in [5, 5.41) is 7.50. The number of carbonyl (C=O) groups is 1. The lowest BCUT2D eigenvalue weighted by molar-refractivity contribution is -0.122. The molecule has 1 aromatic carbocycles. The SMILES string of the molecule is O=C1CCO[C@@H]1[C@@H](Nc1ccccc1)c1ccsc1. The monoisotopic (exact) mass is 273 g/mol. The van der Waals surface area contributed by atoms with Crippen LogP contribution in [0.25, 0.3) is 0 Å². The Morgan fingerprint density at radius 1 is 1.26 bits per heavy atom. The normalized spacial score (nSPS) is 20.4. The Kier molecular flexibility index (Phi) is 3.62. The fourth-order valence-corrected chi connectivity index (χ4v) is 3.00. The maximum absolute atomic E-state index is 11.9. The first-order valence-electron chi connectivity index (χ1n) is 6.32. The van der Waals surface area contributed by atoms with Crippen LogP contribution in [0.4, 0.5) is 5.69 Å². The van der Waals surface area contributed by atoms with E-state index in [-0.39, 0.29) is 17.9 Å². The molecule has 1 aliphatic rings. The summed E-state index contributed by atoms with van der Waals surface area (Å²) in [6.45, 7) is 0.528. The van der Waals surface area contributed by atoms with Crippen molar-refractivity contribution in [2.45, 2.75) is 18.6 Å². The minimum absolute atomic E-state index is 0.108. The van der Waals surface area contributed by atoms with Gasteiger partial charge >= 0.3 is 0 Å². The highest BCUT2D eigenvalue weighted by molar-refractivity contribution is 7.08. The number of hydrogen-bond acceptors (Lipinski definition) is 4. The smallest absolute Gasteiger partial charge is 0.166 e. The number of thiophene rings is 1. The molecule has 1 saturated heterocycles. The van der Waals surface area contributed by atoms with E-state index in [1.165, 1.54) is 0 Å². The van der Waals surface area contributed by atoms with Gasteiger partial charge in [0.05, 0.1) is 12.6 Å². The summed E-state index contributed by atoms with van der Waals surface area (Å²) >= 11 is 1.63. The Morgan fingerprint density at radius 3 is 2.74 bits per heavy atom. The van der Waals surface area contributed by atoms with Gasteiger partial charge in [0.1, 0.15) is 6.10 Å². The van der Waals surface area contributed by atoms with E-state index < -0.39 is 0 Å². The summed E-state index contributed by atoms with van der Waals surface area (Å²) in [6, 6.07) is 11.9. The Labute approximate surface area is 116 Å². The van der Waals surface area contributed by atoms with Crippen LogP contribution in [0.5, 0.6) is 0 Å². The second-order valence-electron chi connectivity index (χ2n) is 4.55. The summed E-state index contributed by atoms with van der Waals surface area (Å²) < 4.78 is 5.62. The second-order valence-corrected chi connectivity index (χ2v) is 5.33. The molecule has 0 bridgehead atoms. The quantitative estimate of drug-likeness (QED) is 0.929. The highest BCUT2D eigenvalue weighted by Gasteiger charge is 2.34. The highest BCUT2D eigenvalue weighted by Crippen LogP contribution is 2.29. The van der Waals surface area contributed by atoms with E-state index in [0.717, 1.165) is 11.3 Å². The average molecular weight is 273 g/mol. The second kappa shape index (κ2) is 5.55. The van der Waals surface area contributed by atoms with Crippen molar-refractivity contribution in [3.63, 3.8) is 0 Å². The third-order valence-corrected chi connectivity index (χ3v) is 3.97. The summed E-state index contributed by atoms with van der Waals surface area (Å²) in [7, 11) is 0. The van der Waals surface area contributed by atoms with Crippen molar-refractivity contribution in [2.24, 2.45) is 0 Å². The third kappa shape index (κ3) is 2.69. The molecule has 0 spiro atoms. The molecule has 0 saturated carbocycles. The number of ketones is 1. The van der Waals surface area contributed by atoms with Crippen LogP contribution < -0.4 is 5.32 Å². The number of hydrogen-bond donors (Lipinski definition) is 1. The van der Waals surface area contributed by atoms with Gasteiger partial charge in [-0.2, -0.15) is 11.3 Å². The predicted molar refractivity (Wildman–Crippen MR) is 76.5 cm³/mol. The van der Waals surface area contributed by atoms with Gasteiger partial charge in [0.15, 0.2) is 5.78 Å². The summed E-state index contributed by atoms with van der Waals surface area (Å²) in [4.78, 5) is 11.9. The van der Waals surface area contributed by atoms with Gasteiger partial charge in [0.2, 0.25) is 0 Å². The van der Waals surface area contributed by atoms with Crippen molar-refractivity contribution >= 4 is 22.8 Å². The molecule has 0 unspecified atom stereocenters. The van der Waals surface area contributed by atoms with Crippen LogP contribution >= 0.6 is 11.3 Å². The highest BCUT2D eigenvalue weighted by atomic mass is 32.1. The number of anilines is 1. The Balaban J connectivity index is 1.86. The number of benzene rings is 1. The number of nitrogens with one attached hydrogen (secondary N) is 1. The van der Waals surface area contributed by atoms with Gasteiger partial charge in [0.25, 0.3) is 0 Å². The standard InChI is InChI=1S/C15H15NO2S/c17-13-6-8-18-15(13)14(11-7-9-19-10-11)16-12-4-2-1-3-5-12/h1-5,7,9-10,14-16H,6,8H2/t14-,15-/m0/s1. The molecule has 2 aromatic rings. The van der Waals surface area contributed by atoms with Crippen LogP contribution in [0.1, 0.15) is 18.0 Å². The molecule has 98 valence electrons. The van der Waals surface area contributed by atoms with E-state index in [4.69, 9.17) is 4.74 Å². The Morgan fingerprint density at radius 2 is 2.11 bits per heavy atom. The molecule has 19 heavy (non-hydrogen) atoms. The van der Waals surface area contributed by atoms with E-state index in [1.54, 1.807) is 11.3 Å². The van der Waals surface area contributed by atoms with Gasteiger partial charge in [-0.15, -0.1) is 0 Å². The maximum atomic E-state index is 11.9. The lowest BCUT2D eigenvalue weighted by atomic mass is 10.0. The molecule has 3 nitrogen and oxygen atoms in total. The van der Waals surface area contributed by atoms with Gasteiger partial charge in [-0.05, 0) is 34.5 Å². The van der Waals surface area contributed by atoms with Crippen LogP contribution in [0, 0.1) is 0 Å². The Hall–Kier alpha value is -1.65. The molecule has 0 aliphatic carbocycles. The molecule has 2 heterocycles. The van der Waals surface area contributed by atoms with E-state index in [0.29, 0.717) is 13.0 Å². The van der Waals surface area contributed by atoms with E-state index >= 15 is 0 Å². The van der Waals surface area contributed by atoms with Crippen molar-refractivity contribution in [1.82, 2.24) is 0 Å². The number of Topliss-reactive ketones (excluding diaryl/α,β-unsaturated/α-hetero) is 1. The Bertz CT molecular complexity index is 539. The number of para-hydroxylation sites is 1. The van der Waals surface area contributed by atoms with Crippen LogP contribution in [-0.4, -0.2) is 18.5 Å². The van der Waals surface area contributed by atoms with E-state index in [2.05, 4.69) is 10.7 Å². The molecule has 4 heteroatoms. The molecule has 1 fully saturated rings. The average Bonchev–Trinajstić information content (AvgIpc) is 3.09. The molecular formula is C15H15NO2S. The first-order valence-corrected chi connectivity index (χ1v) is 7.27. The largest absolute Gasteiger partial charge is 0.375 e. The van der Waals surface area contributed by atoms with Crippen molar-refractivity contribution in [3.8, 4) is 0 Å². The fourth-order valence-electron chi connectivity index (χ4n) is 2.30. The lowest BCUT2D eigenvalue weighted by Crippen LogP contribution is -2.30. The molecule has 0 radical (unpaired) electrons. The number of ether oxygens (including phenoxy) is 1. The zero-order valence-corrected chi connectivity index (χ0v) is 11.2. The van der Waals surface area contributed by atoms with Crippen molar-refractivity contribution in [3.05, 3.63) is 52.7 Å². The zero-order valence-electron chi connectivity index (χ0n) is 10.4. The minimum Gasteiger partial charge on any atom is -0.375 e. The van der Waals surface area contributed by atoms with Gasteiger partial charge in [-0.1, -0.05) is 18.2 Å². The molecule has 2 atom stereocenters. The predicted octanol–water partition coefficient (Wildman–Crippen LogP) is 3.26. The van der Waals surface area contributed by atoms with Crippen molar-refractivity contribution in [2.75, 3.05) is 11.9 Å². The van der Waals surface area contributed by atoms with E-state index in [9.17, 15) is 4.79 Å².